The third kappa shape index (κ3) is 2.16. The number of halogens is 4. The number of hydrogen-bond acceptors (Lipinski definition) is 2. The molecule has 0 atom stereocenters. The van der Waals surface area contributed by atoms with Gasteiger partial charge >= 0.3 is 6.18 Å². The molecule has 1 nitrogen and oxygen atoms in total. The van der Waals surface area contributed by atoms with Gasteiger partial charge in [0.25, 0.3) is 0 Å². The molecule has 0 aliphatic carbocycles. The quantitative estimate of drug-likeness (QED) is 0.694. The largest absolute Gasteiger partial charge is 0.443 e. The number of nitrogens with zero attached hydrogens (tertiary/aromatic N) is 1. The highest BCUT2D eigenvalue weighted by molar-refractivity contribution is 9.08. The molecule has 62 valence electrons. The average Bonchev–Trinajstić information content (AvgIpc) is 2.32. The van der Waals surface area contributed by atoms with E-state index < -0.39 is 11.2 Å². The van der Waals surface area contributed by atoms with Crippen LogP contribution in [0.25, 0.3) is 0 Å². The topological polar surface area (TPSA) is 12.9 Å². The van der Waals surface area contributed by atoms with E-state index in [1.54, 1.807) is 0 Å². The van der Waals surface area contributed by atoms with Crippen molar-refractivity contribution in [2.24, 2.45) is 0 Å². The van der Waals surface area contributed by atoms with Crippen molar-refractivity contribution in [2.45, 2.75) is 11.5 Å². The van der Waals surface area contributed by atoms with Gasteiger partial charge in [-0.25, -0.2) is 4.98 Å². The smallest absolute Gasteiger partial charge is 0.240 e. The Balaban J connectivity index is 2.89. The van der Waals surface area contributed by atoms with Gasteiger partial charge in [-0.3, -0.25) is 0 Å². The van der Waals surface area contributed by atoms with E-state index in [1.165, 1.54) is 6.20 Å². The molecular formula is C5H3BrF3NS. The highest BCUT2D eigenvalue weighted by Gasteiger charge is 2.34. The first-order valence-corrected chi connectivity index (χ1v) is 4.55. The second-order valence-corrected chi connectivity index (χ2v) is 3.44. The van der Waals surface area contributed by atoms with Crippen LogP contribution in [-0.4, -0.2) is 4.98 Å². The molecule has 11 heavy (non-hydrogen) atoms. The Hall–Kier alpha value is -0.100. The van der Waals surface area contributed by atoms with Gasteiger partial charge in [0.1, 0.15) is 0 Å². The summed E-state index contributed by atoms with van der Waals surface area (Å²) in [7, 11) is 0. The summed E-state index contributed by atoms with van der Waals surface area (Å²) in [5, 5.41) is -0.368. The first kappa shape index (κ1) is 8.99. The molecule has 0 aromatic carbocycles. The fraction of sp³-hybridized carbons (Fsp3) is 0.400. The van der Waals surface area contributed by atoms with Crippen molar-refractivity contribution in [3.63, 3.8) is 0 Å². The minimum absolute atomic E-state index is 0.417. The predicted octanol–water partition coefficient (Wildman–Crippen LogP) is 3.06. The van der Waals surface area contributed by atoms with E-state index in [0.717, 1.165) is 0 Å². The van der Waals surface area contributed by atoms with Crippen LogP contribution in [0.3, 0.4) is 0 Å². The molecule has 0 radical (unpaired) electrons. The molecule has 0 aliphatic rings. The first-order valence-electron chi connectivity index (χ1n) is 2.62. The lowest BCUT2D eigenvalue weighted by Crippen LogP contribution is -2.02. The molecule has 1 rings (SSSR count). The Morgan fingerprint density at radius 2 is 2.18 bits per heavy atom. The van der Waals surface area contributed by atoms with Crippen LogP contribution in [0.2, 0.25) is 0 Å². The van der Waals surface area contributed by atoms with Crippen LogP contribution >= 0.6 is 27.3 Å². The van der Waals surface area contributed by atoms with Crippen LogP contribution in [0.4, 0.5) is 13.2 Å². The number of aromatic nitrogens is 1. The van der Waals surface area contributed by atoms with Crippen LogP contribution in [-0.2, 0) is 11.5 Å². The number of rotatable bonds is 1. The summed E-state index contributed by atoms with van der Waals surface area (Å²) in [5.41, 5.74) is 0. The lowest BCUT2D eigenvalue weighted by atomic mass is 10.6. The van der Waals surface area contributed by atoms with Gasteiger partial charge in [-0.2, -0.15) is 13.2 Å². The molecule has 0 aliphatic heterocycles. The van der Waals surface area contributed by atoms with Crippen molar-refractivity contribution in [2.75, 3.05) is 0 Å². The highest BCUT2D eigenvalue weighted by Crippen LogP contribution is 2.32. The zero-order chi connectivity index (χ0) is 8.48. The molecule has 0 saturated heterocycles. The van der Waals surface area contributed by atoms with Gasteiger partial charge in [0.15, 0.2) is 5.01 Å². The van der Waals surface area contributed by atoms with Gasteiger partial charge in [-0.15, -0.1) is 11.3 Å². The minimum atomic E-state index is -4.30. The van der Waals surface area contributed by atoms with Crippen LogP contribution < -0.4 is 0 Å². The molecule has 0 saturated carbocycles. The lowest BCUT2D eigenvalue weighted by molar-refractivity contribution is -0.137. The molecule has 1 aromatic rings. The zero-order valence-corrected chi connectivity index (χ0v) is 7.55. The SMILES string of the molecule is FC(F)(F)c1ncc(CBr)s1. The summed E-state index contributed by atoms with van der Waals surface area (Å²) in [6.07, 6.45) is -3.08. The maximum atomic E-state index is 11.9. The summed E-state index contributed by atoms with van der Waals surface area (Å²) < 4.78 is 35.6. The summed E-state index contributed by atoms with van der Waals surface area (Å²) in [4.78, 5) is 3.80. The van der Waals surface area contributed by atoms with Gasteiger partial charge in [0.05, 0.1) is 0 Å². The molecule has 0 bridgehead atoms. The third-order valence-electron chi connectivity index (χ3n) is 0.928. The van der Waals surface area contributed by atoms with E-state index >= 15 is 0 Å². The third-order valence-corrected chi connectivity index (χ3v) is 2.95. The molecular weight excluding hydrogens is 243 g/mol. The maximum Gasteiger partial charge on any atom is 0.443 e. The Morgan fingerprint density at radius 1 is 1.55 bits per heavy atom. The summed E-state index contributed by atoms with van der Waals surface area (Å²) in [5.74, 6) is 0. The molecule has 0 N–H and O–H groups in total. The Labute approximate surface area is 73.4 Å². The summed E-state index contributed by atoms with van der Waals surface area (Å²) >= 11 is 3.70. The van der Waals surface area contributed by atoms with E-state index in [0.29, 0.717) is 21.5 Å². The van der Waals surface area contributed by atoms with E-state index in [1.807, 2.05) is 0 Å². The summed E-state index contributed by atoms with van der Waals surface area (Å²) in [6, 6.07) is 0. The molecule has 6 heteroatoms. The van der Waals surface area contributed by atoms with Gasteiger partial charge in [0.2, 0.25) is 0 Å². The van der Waals surface area contributed by atoms with Crippen molar-refractivity contribution < 1.29 is 13.2 Å². The van der Waals surface area contributed by atoms with Gasteiger partial charge in [0, 0.05) is 16.4 Å². The van der Waals surface area contributed by atoms with E-state index in [4.69, 9.17) is 0 Å². The standard InChI is InChI=1S/C5H3BrF3NS/c6-1-3-2-10-4(11-3)5(7,8)9/h2H,1H2. The van der Waals surface area contributed by atoms with Crippen LogP contribution in [0.15, 0.2) is 6.20 Å². The van der Waals surface area contributed by atoms with Gasteiger partial charge in [-0.1, -0.05) is 15.9 Å². The predicted molar refractivity (Wildman–Crippen MR) is 39.7 cm³/mol. The van der Waals surface area contributed by atoms with Gasteiger partial charge < -0.3 is 0 Å². The zero-order valence-electron chi connectivity index (χ0n) is 5.15. The number of hydrogen-bond donors (Lipinski definition) is 0. The molecule has 0 amide bonds. The highest BCUT2D eigenvalue weighted by atomic mass is 79.9. The fourth-order valence-corrected chi connectivity index (χ4v) is 1.62. The van der Waals surface area contributed by atoms with Crippen LogP contribution in [0.1, 0.15) is 9.88 Å². The van der Waals surface area contributed by atoms with Crippen molar-refractivity contribution >= 4 is 27.3 Å². The van der Waals surface area contributed by atoms with E-state index in [2.05, 4.69) is 20.9 Å². The molecule has 1 heterocycles. The average molecular weight is 246 g/mol. The first-order chi connectivity index (χ1) is 5.04. The van der Waals surface area contributed by atoms with Crippen molar-refractivity contribution in [1.82, 2.24) is 4.98 Å². The molecule has 0 unspecified atom stereocenters. The molecule has 1 aromatic heterocycles. The van der Waals surface area contributed by atoms with E-state index in [9.17, 15) is 13.2 Å². The Kier molecular flexibility index (Phi) is 2.54. The number of thiazole rings is 1. The van der Waals surface area contributed by atoms with Crippen molar-refractivity contribution in [1.29, 1.82) is 0 Å². The fourth-order valence-electron chi connectivity index (χ4n) is 0.500. The number of alkyl halides is 4. The minimum Gasteiger partial charge on any atom is -0.240 e. The Morgan fingerprint density at radius 3 is 2.45 bits per heavy atom. The van der Waals surface area contributed by atoms with Crippen molar-refractivity contribution in [3.05, 3.63) is 16.1 Å². The van der Waals surface area contributed by atoms with Crippen molar-refractivity contribution in [3.8, 4) is 0 Å². The van der Waals surface area contributed by atoms with E-state index in [-0.39, 0.29) is 0 Å². The van der Waals surface area contributed by atoms with Crippen LogP contribution in [0, 0.1) is 0 Å². The van der Waals surface area contributed by atoms with Crippen LogP contribution in [0.5, 0.6) is 0 Å². The lowest BCUT2D eigenvalue weighted by Gasteiger charge is -1.98. The monoisotopic (exact) mass is 245 g/mol. The normalized spacial score (nSPS) is 12.0. The second-order valence-electron chi connectivity index (χ2n) is 1.76. The Bertz CT molecular complexity index is 244. The maximum absolute atomic E-state index is 11.9. The molecule has 0 spiro atoms. The second kappa shape index (κ2) is 3.10. The summed E-state index contributed by atoms with van der Waals surface area (Å²) in [6.45, 7) is 0. The molecule has 0 fully saturated rings. The van der Waals surface area contributed by atoms with Gasteiger partial charge in [-0.05, 0) is 0 Å².